The molecule has 0 spiro atoms. The van der Waals surface area contributed by atoms with E-state index in [1.54, 1.807) is 0 Å². The molecule has 2 aliphatic rings. The lowest BCUT2D eigenvalue weighted by atomic mass is 9.88. The zero-order chi connectivity index (χ0) is 11.7. The monoisotopic (exact) mass is 234 g/mol. The second-order valence-electron chi connectivity index (χ2n) is 5.50. The van der Waals surface area contributed by atoms with Crippen LogP contribution >= 0.6 is 0 Å². The van der Waals surface area contributed by atoms with Crippen molar-refractivity contribution in [2.45, 2.75) is 32.7 Å². The molecule has 3 rings (SSSR count). The van der Waals surface area contributed by atoms with Gasteiger partial charge in [0, 0.05) is 38.4 Å². The third-order valence-electron chi connectivity index (χ3n) is 4.06. The van der Waals surface area contributed by atoms with Crippen LogP contribution in [-0.4, -0.2) is 41.3 Å². The Hall–Kier alpha value is -0.870. The van der Waals surface area contributed by atoms with Gasteiger partial charge in [0.2, 0.25) is 0 Å². The van der Waals surface area contributed by atoms with E-state index in [4.69, 9.17) is 0 Å². The summed E-state index contributed by atoms with van der Waals surface area (Å²) < 4.78 is 0. The maximum atomic E-state index is 4.54. The van der Waals surface area contributed by atoms with Gasteiger partial charge in [-0.05, 0) is 30.7 Å². The third-order valence-corrected chi connectivity index (χ3v) is 4.06. The van der Waals surface area contributed by atoms with Gasteiger partial charge in [-0.3, -0.25) is 10.00 Å². The van der Waals surface area contributed by atoms with Gasteiger partial charge < -0.3 is 5.32 Å². The van der Waals surface area contributed by atoms with Crippen molar-refractivity contribution in [1.82, 2.24) is 20.4 Å². The Bertz CT molecular complexity index is 379. The molecule has 0 saturated carbocycles. The second-order valence-corrected chi connectivity index (χ2v) is 5.50. The van der Waals surface area contributed by atoms with Crippen LogP contribution in [0.5, 0.6) is 0 Å². The highest BCUT2D eigenvalue weighted by Crippen LogP contribution is 2.26. The molecule has 4 nitrogen and oxygen atoms in total. The van der Waals surface area contributed by atoms with Gasteiger partial charge in [-0.1, -0.05) is 6.92 Å². The Kier molecular flexibility index (Phi) is 3.16. The van der Waals surface area contributed by atoms with E-state index in [-0.39, 0.29) is 0 Å². The predicted molar refractivity (Wildman–Crippen MR) is 67.9 cm³/mol. The molecule has 0 aromatic carbocycles. The molecule has 1 aliphatic heterocycles. The molecular weight excluding hydrogens is 212 g/mol. The molecular formula is C13H22N4. The Morgan fingerprint density at radius 3 is 3.00 bits per heavy atom. The summed E-state index contributed by atoms with van der Waals surface area (Å²) in [5.74, 6) is 0.821. The fraction of sp³-hybridized carbons (Fsp3) is 0.769. The number of hydrogen-bond donors (Lipinski definition) is 2. The number of nitrogens with zero attached hydrogens (tertiary/aromatic N) is 2. The van der Waals surface area contributed by atoms with Gasteiger partial charge in [-0.25, -0.2) is 0 Å². The fourth-order valence-electron chi connectivity index (χ4n) is 2.95. The standard InChI is InChI=1S/C13H22N4/c1-10-2-3-12-11(8-10)13(16-15-12)9-17-6-4-14-5-7-17/h10,14H,2-9H2,1H3,(H,15,16). The molecule has 0 radical (unpaired) electrons. The number of hydrogen-bond acceptors (Lipinski definition) is 3. The normalized spacial score (nSPS) is 25.8. The van der Waals surface area contributed by atoms with Crippen molar-refractivity contribution in [3.8, 4) is 0 Å². The number of aromatic nitrogens is 2. The van der Waals surface area contributed by atoms with Crippen molar-refractivity contribution >= 4 is 0 Å². The number of rotatable bonds is 2. The molecule has 1 aromatic heterocycles. The molecule has 1 aliphatic carbocycles. The van der Waals surface area contributed by atoms with E-state index in [0.717, 1.165) is 38.6 Å². The predicted octanol–water partition coefficient (Wildman–Crippen LogP) is 0.940. The van der Waals surface area contributed by atoms with E-state index < -0.39 is 0 Å². The minimum absolute atomic E-state index is 0.821. The van der Waals surface area contributed by atoms with Gasteiger partial charge in [0.05, 0.1) is 5.69 Å². The van der Waals surface area contributed by atoms with Crippen LogP contribution in [0.4, 0.5) is 0 Å². The smallest absolute Gasteiger partial charge is 0.0797 e. The summed E-state index contributed by atoms with van der Waals surface area (Å²) in [5, 5.41) is 11.2. The van der Waals surface area contributed by atoms with Crippen LogP contribution < -0.4 is 5.32 Å². The molecule has 1 aromatic rings. The van der Waals surface area contributed by atoms with Crippen molar-refractivity contribution in [2.75, 3.05) is 26.2 Å². The number of H-pyrrole nitrogens is 1. The summed E-state index contributed by atoms with van der Waals surface area (Å²) in [6, 6.07) is 0. The largest absolute Gasteiger partial charge is 0.314 e. The quantitative estimate of drug-likeness (QED) is 0.800. The summed E-state index contributed by atoms with van der Waals surface area (Å²) in [4.78, 5) is 2.51. The van der Waals surface area contributed by atoms with Gasteiger partial charge in [-0.15, -0.1) is 0 Å². The van der Waals surface area contributed by atoms with Crippen molar-refractivity contribution < 1.29 is 0 Å². The van der Waals surface area contributed by atoms with Crippen molar-refractivity contribution in [3.05, 3.63) is 17.0 Å². The number of aromatic amines is 1. The van der Waals surface area contributed by atoms with E-state index in [0.29, 0.717) is 0 Å². The van der Waals surface area contributed by atoms with Gasteiger partial charge >= 0.3 is 0 Å². The Balaban J connectivity index is 1.72. The molecule has 1 unspecified atom stereocenters. The van der Waals surface area contributed by atoms with Crippen LogP contribution in [0, 0.1) is 5.92 Å². The first-order valence-corrected chi connectivity index (χ1v) is 6.81. The summed E-state index contributed by atoms with van der Waals surface area (Å²) in [7, 11) is 0. The molecule has 2 heterocycles. The molecule has 1 atom stereocenters. The van der Waals surface area contributed by atoms with Crippen LogP contribution in [-0.2, 0) is 19.4 Å². The van der Waals surface area contributed by atoms with Crippen LogP contribution in [0.1, 0.15) is 30.3 Å². The summed E-state index contributed by atoms with van der Waals surface area (Å²) in [6.07, 6.45) is 3.71. The summed E-state index contributed by atoms with van der Waals surface area (Å²) >= 11 is 0. The van der Waals surface area contributed by atoms with E-state index >= 15 is 0 Å². The summed E-state index contributed by atoms with van der Waals surface area (Å²) in [5.41, 5.74) is 4.21. The summed E-state index contributed by atoms with van der Waals surface area (Å²) in [6.45, 7) is 7.91. The molecule has 17 heavy (non-hydrogen) atoms. The van der Waals surface area contributed by atoms with Crippen LogP contribution in [0.15, 0.2) is 0 Å². The Labute approximate surface area is 103 Å². The minimum Gasteiger partial charge on any atom is -0.314 e. The van der Waals surface area contributed by atoms with E-state index in [9.17, 15) is 0 Å². The molecule has 0 amide bonds. The molecule has 0 bridgehead atoms. The lowest BCUT2D eigenvalue weighted by Gasteiger charge is -2.27. The first kappa shape index (κ1) is 11.2. The first-order chi connectivity index (χ1) is 8.33. The number of piperazine rings is 1. The van der Waals surface area contributed by atoms with E-state index in [2.05, 4.69) is 27.3 Å². The van der Waals surface area contributed by atoms with E-state index in [1.807, 2.05) is 0 Å². The highest BCUT2D eigenvalue weighted by Gasteiger charge is 2.22. The maximum absolute atomic E-state index is 4.54. The van der Waals surface area contributed by atoms with Gasteiger partial charge in [0.1, 0.15) is 0 Å². The number of aryl methyl sites for hydroxylation is 1. The highest BCUT2D eigenvalue weighted by atomic mass is 15.2. The zero-order valence-corrected chi connectivity index (χ0v) is 10.6. The van der Waals surface area contributed by atoms with E-state index in [1.165, 1.54) is 36.2 Å². The average molecular weight is 234 g/mol. The van der Waals surface area contributed by atoms with Crippen LogP contribution in [0.3, 0.4) is 0 Å². The maximum Gasteiger partial charge on any atom is 0.0797 e. The zero-order valence-electron chi connectivity index (χ0n) is 10.6. The first-order valence-electron chi connectivity index (χ1n) is 6.81. The molecule has 4 heteroatoms. The lowest BCUT2D eigenvalue weighted by Crippen LogP contribution is -2.43. The third kappa shape index (κ3) is 2.38. The molecule has 1 fully saturated rings. The molecule has 2 N–H and O–H groups in total. The van der Waals surface area contributed by atoms with Gasteiger partial charge in [0.15, 0.2) is 0 Å². The Morgan fingerprint density at radius 1 is 1.35 bits per heavy atom. The van der Waals surface area contributed by atoms with Crippen LogP contribution in [0.2, 0.25) is 0 Å². The second kappa shape index (κ2) is 4.78. The van der Waals surface area contributed by atoms with Gasteiger partial charge in [0.25, 0.3) is 0 Å². The van der Waals surface area contributed by atoms with Crippen LogP contribution in [0.25, 0.3) is 0 Å². The Morgan fingerprint density at radius 2 is 2.18 bits per heavy atom. The van der Waals surface area contributed by atoms with Gasteiger partial charge in [-0.2, -0.15) is 5.10 Å². The highest BCUT2D eigenvalue weighted by molar-refractivity contribution is 5.28. The lowest BCUT2D eigenvalue weighted by molar-refractivity contribution is 0.230. The average Bonchev–Trinajstić information content (AvgIpc) is 2.73. The topological polar surface area (TPSA) is 44.0 Å². The van der Waals surface area contributed by atoms with Crippen molar-refractivity contribution in [1.29, 1.82) is 0 Å². The number of nitrogens with one attached hydrogen (secondary N) is 2. The van der Waals surface area contributed by atoms with Crippen molar-refractivity contribution in [3.63, 3.8) is 0 Å². The number of fused-ring (bicyclic) bond motifs is 1. The fourth-order valence-corrected chi connectivity index (χ4v) is 2.95. The SMILES string of the molecule is CC1CCc2[nH]nc(CN3CCNCC3)c2C1. The molecule has 94 valence electrons. The van der Waals surface area contributed by atoms with Crippen molar-refractivity contribution in [2.24, 2.45) is 5.92 Å². The minimum atomic E-state index is 0.821. The molecule has 1 saturated heterocycles.